The van der Waals surface area contributed by atoms with Crippen LogP contribution in [0.2, 0.25) is 5.02 Å². The second-order valence-corrected chi connectivity index (χ2v) is 4.88. The van der Waals surface area contributed by atoms with Crippen LogP contribution in [0.4, 0.5) is 0 Å². The molecule has 0 saturated heterocycles. The van der Waals surface area contributed by atoms with Crippen molar-refractivity contribution in [3.05, 3.63) is 64.7 Å². The molecule has 0 aliphatic rings. The molecule has 2 aromatic carbocycles. The first-order chi connectivity index (χ1) is 9.19. The number of benzene rings is 2. The van der Waals surface area contributed by atoms with Gasteiger partial charge in [-0.3, -0.25) is 0 Å². The monoisotopic (exact) mass is 275 g/mol. The minimum atomic E-state index is -0.0168. The van der Waals surface area contributed by atoms with Crippen LogP contribution in [0.5, 0.6) is 5.75 Å². The third-order valence-corrected chi connectivity index (χ3v) is 3.24. The van der Waals surface area contributed by atoms with E-state index in [-0.39, 0.29) is 6.04 Å². The molecular formula is C16H18ClNO. The zero-order chi connectivity index (χ0) is 13.7. The fraction of sp³-hybridized carbons (Fsp3) is 0.250. The highest BCUT2D eigenvalue weighted by molar-refractivity contribution is 6.30. The molecule has 1 atom stereocenters. The van der Waals surface area contributed by atoms with E-state index in [1.165, 1.54) is 5.56 Å². The van der Waals surface area contributed by atoms with Crippen LogP contribution < -0.4 is 10.5 Å². The summed E-state index contributed by atoms with van der Waals surface area (Å²) in [6.07, 6.45) is 0.797. The Morgan fingerprint density at radius 1 is 1.05 bits per heavy atom. The summed E-state index contributed by atoms with van der Waals surface area (Å²) in [7, 11) is 0. The molecule has 3 heteroatoms. The van der Waals surface area contributed by atoms with Crippen molar-refractivity contribution >= 4 is 11.6 Å². The highest BCUT2D eigenvalue weighted by Crippen LogP contribution is 2.20. The molecule has 2 aromatic rings. The van der Waals surface area contributed by atoms with Gasteiger partial charge in [0.2, 0.25) is 0 Å². The van der Waals surface area contributed by atoms with E-state index >= 15 is 0 Å². The summed E-state index contributed by atoms with van der Waals surface area (Å²) < 4.78 is 5.42. The fourth-order valence-electron chi connectivity index (χ4n) is 1.97. The fourth-order valence-corrected chi connectivity index (χ4v) is 2.10. The van der Waals surface area contributed by atoms with Gasteiger partial charge in [-0.2, -0.15) is 0 Å². The van der Waals surface area contributed by atoms with Gasteiger partial charge in [0.25, 0.3) is 0 Å². The van der Waals surface area contributed by atoms with Crippen molar-refractivity contribution < 1.29 is 4.74 Å². The van der Waals surface area contributed by atoms with Crippen molar-refractivity contribution in [1.29, 1.82) is 0 Å². The molecule has 0 aliphatic carbocycles. The summed E-state index contributed by atoms with van der Waals surface area (Å²) in [4.78, 5) is 0. The summed E-state index contributed by atoms with van der Waals surface area (Å²) in [5.74, 6) is 0.880. The predicted octanol–water partition coefficient (Wildman–Crippen LogP) is 3.98. The first kappa shape index (κ1) is 13.9. The van der Waals surface area contributed by atoms with Gasteiger partial charge in [0.15, 0.2) is 0 Å². The van der Waals surface area contributed by atoms with Crippen LogP contribution in [0.25, 0.3) is 0 Å². The van der Waals surface area contributed by atoms with Gasteiger partial charge in [-0.1, -0.05) is 35.9 Å². The Morgan fingerprint density at radius 3 is 2.26 bits per heavy atom. The van der Waals surface area contributed by atoms with Crippen LogP contribution >= 0.6 is 11.6 Å². The van der Waals surface area contributed by atoms with E-state index in [0.29, 0.717) is 6.61 Å². The molecular weight excluding hydrogens is 258 g/mol. The molecule has 0 radical (unpaired) electrons. The summed E-state index contributed by atoms with van der Waals surface area (Å²) in [6, 6.07) is 15.7. The van der Waals surface area contributed by atoms with E-state index in [2.05, 4.69) is 0 Å². The van der Waals surface area contributed by atoms with Crippen molar-refractivity contribution in [2.24, 2.45) is 5.73 Å². The Morgan fingerprint density at radius 2 is 1.68 bits per heavy atom. The maximum atomic E-state index is 6.22. The standard InChI is InChI=1S/C16H18ClNO/c1-2-19-15-9-5-13(6-10-15)16(18)11-12-3-7-14(17)8-4-12/h3-10,16H,2,11,18H2,1H3. The third-order valence-electron chi connectivity index (χ3n) is 2.99. The SMILES string of the molecule is CCOc1ccc(C(N)Cc2ccc(Cl)cc2)cc1. The summed E-state index contributed by atoms with van der Waals surface area (Å²) in [6.45, 7) is 2.65. The molecule has 2 nitrogen and oxygen atoms in total. The Balaban J connectivity index is 2.02. The number of hydrogen-bond donors (Lipinski definition) is 1. The van der Waals surface area contributed by atoms with Gasteiger partial charge in [-0.05, 0) is 48.7 Å². The molecule has 0 spiro atoms. The maximum absolute atomic E-state index is 6.22. The molecule has 2 rings (SSSR count). The molecule has 0 saturated carbocycles. The molecule has 0 aliphatic heterocycles. The van der Waals surface area contributed by atoms with Gasteiger partial charge < -0.3 is 10.5 Å². The zero-order valence-corrected chi connectivity index (χ0v) is 11.7. The molecule has 1 unspecified atom stereocenters. The minimum Gasteiger partial charge on any atom is -0.494 e. The zero-order valence-electron chi connectivity index (χ0n) is 11.0. The van der Waals surface area contributed by atoms with Crippen LogP contribution in [0, 0.1) is 0 Å². The lowest BCUT2D eigenvalue weighted by molar-refractivity contribution is 0.340. The Labute approximate surface area is 119 Å². The minimum absolute atomic E-state index is 0.0168. The molecule has 0 fully saturated rings. The Hall–Kier alpha value is -1.51. The lowest BCUT2D eigenvalue weighted by Crippen LogP contribution is -2.13. The highest BCUT2D eigenvalue weighted by Gasteiger charge is 2.07. The second kappa shape index (κ2) is 6.60. The smallest absolute Gasteiger partial charge is 0.119 e. The molecule has 0 amide bonds. The van der Waals surface area contributed by atoms with E-state index in [4.69, 9.17) is 22.1 Å². The number of rotatable bonds is 5. The van der Waals surface area contributed by atoms with Gasteiger partial charge in [-0.15, -0.1) is 0 Å². The molecule has 100 valence electrons. The number of hydrogen-bond acceptors (Lipinski definition) is 2. The van der Waals surface area contributed by atoms with Crippen molar-refractivity contribution in [1.82, 2.24) is 0 Å². The quantitative estimate of drug-likeness (QED) is 0.896. The van der Waals surface area contributed by atoms with Crippen molar-refractivity contribution in [2.75, 3.05) is 6.61 Å². The summed E-state index contributed by atoms with van der Waals surface area (Å²) >= 11 is 5.87. The topological polar surface area (TPSA) is 35.2 Å². The Kier molecular flexibility index (Phi) is 4.83. The van der Waals surface area contributed by atoms with Gasteiger partial charge >= 0.3 is 0 Å². The van der Waals surface area contributed by atoms with E-state index in [1.807, 2.05) is 55.5 Å². The first-order valence-electron chi connectivity index (χ1n) is 6.42. The third kappa shape index (κ3) is 3.98. The molecule has 0 aromatic heterocycles. The van der Waals surface area contributed by atoms with Crippen molar-refractivity contribution in [2.45, 2.75) is 19.4 Å². The van der Waals surface area contributed by atoms with Crippen LogP contribution in [-0.2, 0) is 6.42 Å². The average Bonchev–Trinajstić information content (AvgIpc) is 2.42. The lowest BCUT2D eigenvalue weighted by atomic mass is 10.00. The van der Waals surface area contributed by atoms with Gasteiger partial charge in [0, 0.05) is 11.1 Å². The predicted molar refractivity (Wildman–Crippen MR) is 79.7 cm³/mol. The number of ether oxygens (including phenoxy) is 1. The lowest BCUT2D eigenvalue weighted by Gasteiger charge is -2.13. The van der Waals surface area contributed by atoms with E-state index in [0.717, 1.165) is 22.8 Å². The van der Waals surface area contributed by atoms with Crippen LogP contribution in [-0.4, -0.2) is 6.61 Å². The second-order valence-electron chi connectivity index (χ2n) is 4.44. The number of nitrogens with two attached hydrogens (primary N) is 1. The Bertz CT molecular complexity index is 507. The van der Waals surface area contributed by atoms with Crippen LogP contribution in [0.3, 0.4) is 0 Å². The van der Waals surface area contributed by atoms with Crippen molar-refractivity contribution in [3.63, 3.8) is 0 Å². The number of halogens is 1. The first-order valence-corrected chi connectivity index (χ1v) is 6.79. The summed E-state index contributed by atoms with van der Waals surface area (Å²) in [5, 5.41) is 0.749. The van der Waals surface area contributed by atoms with Crippen molar-refractivity contribution in [3.8, 4) is 5.75 Å². The van der Waals surface area contributed by atoms with Crippen LogP contribution in [0.15, 0.2) is 48.5 Å². The average molecular weight is 276 g/mol. The molecule has 19 heavy (non-hydrogen) atoms. The van der Waals surface area contributed by atoms with Crippen LogP contribution in [0.1, 0.15) is 24.1 Å². The summed E-state index contributed by atoms with van der Waals surface area (Å²) in [5.41, 5.74) is 8.51. The highest BCUT2D eigenvalue weighted by atomic mass is 35.5. The van der Waals surface area contributed by atoms with Gasteiger partial charge in [0.05, 0.1) is 6.61 Å². The molecule has 0 heterocycles. The normalized spacial score (nSPS) is 12.2. The molecule has 0 bridgehead atoms. The van der Waals surface area contributed by atoms with Gasteiger partial charge in [0.1, 0.15) is 5.75 Å². The largest absolute Gasteiger partial charge is 0.494 e. The maximum Gasteiger partial charge on any atom is 0.119 e. The van der Waals surface area contributed by atoms with E-state index in [1.54, 1.807) is 0 Å². The molecule has 2 N–H and O–H groups in total. The van der Waals surface area contributed by atoms with E-state index < -0.39 is 0 Å². The van der Waals surface area contributed by atoms with E-state index in [9.17, 15) is 0 Å². The van der Waals surface area contributed by atoms with Gasteiger partial charge in [-0.25, -0.2) is 0 Å².